The van der Waals surface area contributed by atoms with E-state index in [2.05, 4.69) is 10.3 Å². The summed E-state index contributed by atoms with van der Waals surface area (Å²) in [5.74, 6) is -0.858. The van der Waals surface area contributed by atoms with Crippen molar-refractivity contribution >= 4 is 38.6 Å². The van der Waals surface area contributed by atoms with Gasteiger partial charge in [0, 0.05) is 12.8 Å². The number of fused-ring (bicyclic) bond motifs is 1. The summed E-state index contributed by atoms with van der Waals surface area (Å²) >= 11 is 1.45. The molecule has 0 unspecified atom stereocenters. The van der Waals surface area contributed by atoms with Crippen molar-refractivity contribution in [1.29, 1.82) is 0 Å². The molecule has 1 aromatic heterocycles. The van der Waals surface area contributed by atoms with Gasteiger partial charge in [0.15, 0.2) is 5.13 Å². The van der Waals surface area contributed by atoms with Gasteiger partial charge in [0.25, 0.3) is 0 Å². The van der Waals surface area contributed by atoms with Crippen molar-refractivity contribution in [1.82, 2.24) is 4.98 Å². The number of thiazole rings is 1. The van der Waals surface area contributed by atoms with E-state index in [1.165, 1.54) is 11.3 Å². The maximum absolute atomic E-state index is 11.7. The van der Waals surface area contributed by atoms with Gasteiger partial charge in [-0.3, -0.25) is 9.59 Å². The monoisotopic (exact) mass is 292 g/mol. The summed E-state index contributed by atoms with van der Waals surface area (Å²) in [5.41, 5.74) is 0.884. The van der Waals surface area contributed by atoms with Gasteiger partial charge in [0.05, 0.1) is 10.2 Å². The highest BCUT2D eigenvalue weighted by Crippen LogP contribution is 2.25. The highest BCUT2D eigenvalue weighted by molar-refractivity contribution is 7.22. The minimum atomic E-state index is -0.788. The highest BCUT2D eigenvalue weighted by atomic mass is 32.1. The number of carboxylic acids is 1. The van der Waals surface area contributed by atoms with Crippen molar-refractivity contribution in [3.05, 3.63) is 24.3 Å². The first-order valence-corrected chi connectivity index (χ1v) is 7.34. The van der Waals surface area contributed by atoms with E-state index < -0.39 is 5.97 Å². The lowest BCUT2D eigenvalue weighted by Gasteiger charge is -2.01. The lowest BCUT2D eigenvalue weighted by atomic mass is 10.1. The second kappa shape index (κ2) is 7.00. The van der Waals surface area contributed by atoms with Gasteiger partial charge in [-0.1, -0.05) is 29.9 Å². The molecule has 1 heterocycles. The Balaban J connectivity index is 1.75. The molecule has 0 fully saturated rings. The Bertz CT molecular complexity index is 576. The zero-order valence-electron chi connectivity index (χ0n) is 11.0. The average molecular weight is 292 g/mol. The lowest BCUT2D eigenvalue weighted by molar-refractivity contribution is -0.137. The number of amides is 1. The molecule has 2 N–H and O–H groups in total. The SMILES string of the molecule is O=C(O)CCCCCC(=O)Nc1nc2ccccc2s1. The van der Waals surface area contributed by atoms with Gasteiger partial charge in [-0.05, 0) is 25.0 Å². The van der Waals surface area contributed by atoms with E-state index in [1.54, 1.807) is 0 Å². The van der Waals surface area contributed by atoms with Gasteiger partial charge in [0.2, 0.25) is 5.91 Å². The van der Waals surface area contributed by atoms with Gasteiger partial charge in [0.1, 0.15) is 0 Å². The van der Waals surface area contributed by atoms with E-state index >= 15 is 0 Å². The summed E-state index contributed by atoms with van der Waals surface area (Å²) in [4.78, 5) is 26.4. The third-order valence-corrected chi connectivity index (χ3v) is 3.79. The van der Waals surface area contributed by atoms with Crippen molar-refractivity contribution in [2.75, 3.05) is 5.32 Å². The van der Waals surface area contributed by atoms with Crippen LogP contribution in [0.5, 0.6) is 0 Å². The molecular weight excluding hydrogens is 276 g/mol. The molecule has 0 bridgehead atoms. The van der Waals surface area contributed by atoms with Crippen LogP contribution in [0.3, 0.4) is 0 Å². The number of aromatic nitrogens is 1. The Morgan fingerprint density at radius 3 is 2.65 bits per heavy atom. The molecular formula is C14H16N2O3S. The van der Waals surface area contributed by atoms with Crippen LogP contribution in [0, 0.1) is 0 Å². The van der Waals surface area contributed by atoms with Crippen LogP contribution in [-0.4, -0.2) is 22.0 Å². The van der Waals surface area contributed by atoms with E-state index in [0.29, 0.717) is 24.4 Å². The largest absolute Gasteiger partial charge is 0.481 e. The number of rotatable bonds is 7. The quantitative estimate of drug-likeness (QED) is 0.768. The van der Waals surface area contributed by atoms with Gasteiger partial charge in [-0.15, -0.1) is 0 Å². The van der Waals surface area contributed by atoms with Gasteiger partial charge in [-0.2, -0.15) is 0 Å². The van der Waals surface area contributed by atoms with Crippen LogP contribution in [-0.2, 0) is 9.59 Å². The number of nitrogens with zero attached hydrogens (tertiary/aromatic N) is 1. The number of aliphatic carboxylic acids is 1. The standard InChI is InChI=1S/C14H16N2O3S/c17-12(8-2-1-3-9-13(18)19)16-14-15-10-6-4-5-7-11(10)20-14/h4-7H,1-3,8-9H2,(H,18,19)(H,15,16,17). The van der Waals surface area contributed by atoms with Crippen LogP contribution in [0.25, 0.3) is 10.2 Å². The van der Waals surface area contributed by atoms with Crippen LogP contribution in [0.1, 0.15) is 32.1 Å². The Morgan fingerprint density at radius 1 is 1.15 bits per heavy atom. The van der Waals surface area contributed by atoms with E-state index in [1.807, 2.05) is 24.3 Å². The van der Waals surface area contributed by atoms with Crippen LogP contribution in [0.2, 0.25) is 0 Å². The first-order chi connectivity index (χ1) is 9.65. The fourth-order valence-electron chi connectivity index (χ4n) is 1.85. The van der Waals surface area contributed by atoms with Gasteiger partial charge in [-0.25, -0.2) is 4.98 Å². The van der Waals surface area contributed by atoms with E-state index in [9.17, 15) is 9.59 Å². The molecule has 0 saturated heterocycles. The van der Waals surface area contributed by atoms with Crippen molar-refractivity contribution in [3.63, 3.8) is 0 Å². The number of hydrogen-bond acceptors (Lipinski definition) is 4. The maximum atomic E-state index is 11.7. The fraction of sp³-hybridized carbons (Fsp3) is 0.357. The second-order valence-electron chi connectivity index (χ2n) is 4.49. The number of carbonyl (C=O) groups is 2. The number of anilines is 1. The molecule has 0 radical (unpaired) electrons. The lowest BCUT2D eigenvalue weighted by Crippen LogP contribution is -2.10. The second-order valence-corrected chi connectivity index (χ2v) is 5.52. The molecule has 2 rings (SSSR count). The Kier molecular flexibility index (Phi) is 5.06. The molecule has 106 valence electrons. The van der Waals surface area contributed by atoms with Crippen molar-refractivity contribution < 1.29 is 14.7 Å². The van der Waals surface area contributed by atoms with Crippen LogP contribution >= 0.6 is 11.3 Å². The van der Waals surface area contributed by atoms with Crippen molar-refractivity contribution in [2.24, 2.45) is 0 Å². The summed E-state index contributed by atoms with van der Waals surface area (Å²) in [6.07, 6.45) is 2.63. The number of para-hydroxylation sites is 1. The molecule has 0 saturated carbocycles. The zero-order valence-corrected chi connectivity index (χ0v) is 11.8. The number of carboxylic acid groups (broad SMARTS) is 1. The normalized spacial score (nSPS) is 10.6. The van der Waals surface area contributed by atoms with Crippen LogP contribution < -0.4 is 5.32 Å². The fourth-order valence-corrected chi connectivity index (χ4v) is 2.73. The molecule has 0 aliphatic carbocycles. The topological polar surface area (TPSA) is 79.3 Å². The van der Waals surface area contributed by atoms with Gasteiger partial charge < -0.3 is 10.4 Å². The van der Waals surface area contributed by atoms with Crippen LogP contribution in [0.4, 0.5) is 5.13 Å². The van der Waals surface area contributed by atoms with Crippen molar-refractivity contribution in [2.45, 2.75) is 32.1 Å². The van der Waals surface area contributed by atoms with Crippen molar-refractivity contribution in [3.8, 4) is 0 Å². The first kappa shape index (κ1) is 14.5. The molecule has 2 aromatic rings. The highest BCUT2D eigenvalue weighted by Gasteiger charge is 2.07. The predicted molar refractivity (Wildman–Crippen MR) is 79.0 cm³/mol. The molecule has 5 nitrogen and oxygen atoms in total. The van der Waals surface area contributed by atoms with E-state index in [4.69, 9.17) is 5.11 Å². The first-order valence-electron chi connectivity index (χ1n) is 6.52. The molecule has 20 heavy (non-hydrogen) atoms. The zero-order chi connectivity index (χ0) is 14.4. The minimum absolute atomic E-state index is 0.0700. The molecule has 0 aliphatic heterocycles. The summed E-state index contributed by atoms with van der Waals surface area (Å²) < 4.78 is 1.05. The molecule has 0 aliphatic rings. The van der Waals surface area contributed by atoms with E-state index in [-0.39, 0.29) is 12.3 Å². The Hall–Kier alpha value is -1.95. The van der Waals surface area contributed by atoms with Crippen LogP contribution in [0.15, 0.2) is 24.3 Å². The summed E-state index contributed by atoms with van der Waals surface area (Å²) in [6.45, 7) is 0. The smallest absolute Gasteiger partial charge is 0.303 e. The number of hydrogen-bond donors (Lipinski definition) is 2. The Morgan fingerprint density at radius 2 is 1.90 bits per heavy atom. The average Bonchev–Trinajstić information content (AvgIpc) is 2.79. The molecule has 1 amide bonds. The maximum Gasteiger partial charge on any atom is 0.303 e. The van der Waals surface area contributed by atoms with Gasteiger partial charge >= 0.3 is 5.97 Å². The third kappa shape index (κ3) is 4.31. The minimum Gasteiger partial charge on any atom is -0.481 e. The Labute approximate surface area is 120 Å². The number of unbranched alkanes of at least 4 members (excludes halogenated alkanes) is 2. The molecule has 0 spiro atoms. The predicted octanol–water partition coefficient (Wildman–Crippen LogP) is 3.27. The number of carbonyl (C=O) groups excluding carboxylic acids is 1. The number of benzene rings is 1. The summed E-state index contributed by atoms with van der Waals surface area (Å²) in [5, 5.41) is 11.9. The molecule has 0 atom stereocenters. The third-order valence-electron chi connectivity index (χ3n) is 2.83. The number of nitrogens with one attached hydrogen (secondary N) is 1. The summed E-state index contributed by atoms with van der Waals surface area (Å²) in [7, 11) is 0. The molecule has 1 aromatic carbocycles. The molecule has 6 heteroatoms. The summed E-state index contributed by atoms with van der Waals surface area (Å²) in [6, 6.07) is 7.73. The van der Waals surface area contributed by atoms with E-state index in [0.717, 1.165) is 16.6 Å².